The number of hydrogen-bond acceptors (Lipinski definition) is 3. The Hall–Kier alpha value is -1.65. The van der Waals surface area contributed by atoms with Crippen LogP contribution in [0, 0.1) is 25.7 Å². The number of nitrogens with zero attached hydrogens (tertiary/aromatic N) is 2. The maximum absolute atomic E-state index is 12.2. The molecule has 2 rings (SSSR count). The van der Waals surface area contributed by atoms with Crippen molar-refractivity contribution in [2.75, 3.05) is 0 Å². The molecule has 1 saturated carbocycles. The third kappa shape index (κ3) is 3.17. The first-order valence-corrected chi connectivity index (χ1v) is 7.68. The molecular formula is C16H24N2O3. The van der Waals surface area contributed by atoms with Gasteiger partial charge in [-0.15, -0.1) is 0 Å². The highest BCUT2D eigenvalue weighted by molar-refractivity contribution is 5.70. The summed E-state index contributed by atoms with van der Waals surface area (Å²) < 4.78 is 1.79. The van der Waals surface area contributed by atoms with Gasteiger partial charge in [-0.25, -0.2) is 4.79 Å². The number of carboxylic acid groups (broad SMARTS) is 1. The molecule has 0 spiro atoms. The Kier molecular flexibility index (Phi) is 4.49. The van der Waals surface area contributed by atoms with Gasteiger partial charge < -0.3 is 5.11 Å². The minimum atomic E-state index is -0.818. The normalized spacial score (nSPS) is 22.1. The minimum absolute atomic E-state index is 0.194. The molecule has 3 atom stereocenters. The summed E-state index contributed by atoms with van der Waals surface area (Å²) in [5.74, 6) is -0.719. The Balaban J connectivity index is 2.35. The average Bonchev–Trinajstić information content (AvgIpc) is 3.13. The van der Waals surface area contributed by atoms with Crippen molar-refractivity contribution < 1.29 is 9.90 Å². The lowest BCUT2D eigenvalue weighted by molar-refractivity contribution is -0.141. The summed E-state index contributed by atoms with van der Waals surface area (Å²) in [6.45, 7) is 7.55. The van der Waals surface area contributed by atoms with Gasteiger partial charge in [-0.3, -0.25) is 9.36 Å². The van der Waals surface area contributed by atoms with E-state index in [9.17, 15) is 9.59 Å². The smallest absolute Gasteiger partial charge is 0.348 e. The first kappa shape index (κ1) is 15.7. The standard InChI is InChI=1S/C16H24N2O3/c1-5-6-12-8-14(12)18-11(4)13(7-9(2)15(19)20)10(3)17-16(18)21/h9,12,14H,5-8H2,1-4H3,(H,19,20). The summed E-state index contributed by atoms with van der Waals surface area (Å²) in [7, 11) is 0. The summed E-state index contributed by atoms with van der Waals surface area (Å²) in [4.78, 5) is 27.4. The molecule has 5 nitrogen and oxygen atoms in total. The second kappa shape index (κ2) is 6.00. The van der Waals surface area contributed by atoms with Crippen molar-refractivity contribution >= 4 is 5.97 Å². The molecule has 0 amide bonds. The fraction of sp³-hybridized carbons (Fsp3) is 0.688. The van der Waals surface area contributed by atoms with Gasteiger partial charge in [-0.1, -0.05) is 20.3 Å². The molecule has 1 aliphatic carbocycles. The average molecular weight is 292 g/mol. The number of rotatable bonds is 6. The zero-order valence-corrected chi connectivity index (χ0v) is 13.2. The van der Waals surface area contributed by atoms with Crippen LogP contribution in [0.5, 0.6) is 0 Å². The van der Waals surface area contributed by atoms with Gasteiger partial charge in [0.05, 0.1) is 5.92 Å². The van der Waals surface area contributed by atoms with E-state index in [4.69, 9.17) is 5.11 Å². The van der Waals surface area contributed by atoms with Crippen molar-refractivity contribution in [2.45, 2.75) is 59.4 Å². The van der Waals surface area contributed by atoms with Crippen LogP contribution in [0.2, 0.25) is 0 Å². The molecule has 0 radical (unpaired) electrons. The molecule has 3 unspecified atom stereocenters. The Labute approximate surface area is 125 Å². The van der Waals surface area contributed by atoms with E-state index in [0.717, 1.165) is 30.5 Å². The van der Waals surface area contributed by atoms with Crippen LogP contribution in [-0.4, -0.2) is 20.6 Å². The van der Waals surface area contributed by atoms with Crippen molar-refractivity contribution in [3.8, 4) is 0 Å². The van der Waals surface area contributed by atoms with Crippen molar-refractivity contribution in [2.24, 2.45) is 11.8 Å². The zero-order valence-electron chi connectivity index (χ0n) is 13.2. The van der Waals surface area contributed by atoms with E-state index >= 15 is 0 Å². The van der Waals surface area contributed by atoms with Crippen LogP contribution in [0.25, 0.3) is 0 Å². The van der Waals surface area contributed by atoms with Crippen LogP contribution in [0.15, 0.2) is 4.79 Å². The number of carbonyl (C=O) groups is 1. The molecule has 0 aliphatic heterocycles. The summed E-state index contributed by atoms with van der Waals surface area (Å²) in [6.07, 6.45) is 3.71. The van der Waals surface area contributed by atoms with E-state index in [0.29, 0.717) is 18.0 Å². The third-order valence-electron chi connectivity index (χ3n) is 4.51. The summed E-state index contributed by atoms with van der Waals surface area (Å²) >= 11 is 0. The lowest BCUT2D eigenvalue weighted by atomic mass is 9.99. The Morgan fingerprint density at radius 1 is 1.48 bits per heavy atom. The molecule has 0 bridgehead atoms. The topological polar surface area (TPSA) is 72.2 Å². The molecule has 1 aliphatic rings. The highest BCUT2D eigenvalue weighted by Crippen LogP contribution is 2.46. The lowest BCUT2D eigenvalue weighted by Gasteiger charge is -2.17. The molecule has 1 aromatic heterocycles. The highest BCUT2D eigenvalue weighted by Gasteiger charge is 2.39. The van der Waals surface area contributed by atoms with Gasteiger partial charge in [0.25, 0.3) is 0 Å². The third-order valence-corrected chi connectivity index (χ3v) is 4.51. The fourth-order valence-electron chi connectivity index (χ4n) is 3.12. The summed E-state index contributed by atoms with van der Waals surface area (Å²) in [5.41, 5.74) is 2.27. The largest absolute Gasteiger partial charge is 0.481 e. The Morgan fingerprint density at radius 3 is 2.71 bits per heavy atom. The molecule has 1 aromatic rings. The van der Waals surface area contributed by atoms with E-state index in [-0.39, 0.29) is 11.7 Å². The number of carboxylic acids is 1. The minimum Gasteiger partial charge on any atom is -0.481 e. The summed E-state index contributed by atoms with van der Waals surface area (Å²) in [6, 6.07) is 0.254. The highest BCUT2D eigenvalue weighted by atomic mass is 16.4. The predicted octanol–water partition coefficient (Wildman–Crippen LogP) is 2.48. The van der Waals surface area contributed by atoms with Crippen molar-refractivity contribution in [3.05, 3.63) is 27.4 Å². The number of aliphatic carboxylic acids is 1. The number of aromatic nitrogens is 2. The first-order chi connectivity index (χ1) is 9.86. The summed E-state index contributed by atoms with van der Waals surface area (Å²) in [5, 5.41) is 9.09. The van der Waals surface area contributed by atoms with Gasteiger partial charge in [0.2, 0.25) is 0 Å². The van der Waals surface area contributed by atoms with Crippen LogP contribution >= 0.6 is 0 Å². The molecule has 0 saturated heterocycles. The number of aryl methyl sites for hydroxylation is 1. The van der Waals surface area contributed by atoms with Gasteiger partial charge in [-0.05, 0) is 44.6 Å². The molecule has 1 fully saturated rings. The Morgan fingerprint density at radius 2 is 2.14 bits per heavy atom. The van der Waals surface area contributed by atoms with Crippen molar-refractivity contribution in [1.29, 1.82) is 0 Å². The maximum atomic E-state index is 12.2. The lowest BCUT2D eigenvalue weighted by Crippen LogP contribution is -2.28. The van der Waals surface area contributed by atoms with E-state index in [1.165, 1.54) is 0 Å². The van der Waals surface area contributed by atoms with Gasteiger partial charge in [0.1, 0.15) is 0 Å². The van der Waals surface area contributed by atoms with Crippen LogP contribution in [0.3, 0.4) is 0 Å². The van der Waals surface area contributed by atoms with Crippen LogP contribution in [0.4, 0.5) is 0 Å². The molecule has 116 valence electrons. The van der Waals surface area contributed by atoms with Crippen LogP contribution < -0.4 is 5.69 Å². The maximum Gasteiger partial charge on any atom is 0.348 e. The van der Waals surface area contributed by atoms with Gasteiger partial charge in [0, 0.05) is 17.4 Å². The first-order valence-electron chi connectivity index (χ1n) is 7.68. The van der Waals surface area contributed by atoms with Crippen LogP contribution in [0.1, 0.15) is 56.1 Å². The van der Waals surface area contributed by atoms with Crippen molar-refractivity contribution in [1.82, 2.24) is 9.55 Å². The predicted molar refractivity (Wildman–Crippen MR) is 80.5 cm³/mol. The monoisotopic (exact) mass is 292 g/mol. The van der Waals surface area contributed by atoms with Gasteiger partial charge in [-0.2, -0.15) is 4.98 Å². The van der Waals surface area contributed by atoms with E-state index in [1.807, 2.05) is 6.92 Å². The van der Waals surface area contributed by atoms with E-state index < -0.39 is 11.9 Å². The molecule has 21 heavy (non-hydrogen) atoms. The fourth-order valence-corrected chi connectivity index (χ4v) is 3.12. The van der Waals surface area contributed by atoms with Crippen molar-refractivity contribution in [3.63, 3.8) is 0 Å². The SMILES string of the molecule is CCCC1CC1n1c(C)c(CC(C)C(=O)O)c(C)nc1=O. The molecule has 5 heteroatoms. The van der Waals surface area contributed by atoms with E-state index in [2.05, 4.69) is 11.9 Å². The van der Waals surface area contributed by atoms with Gasteiger partial charge in [0.15, 0.2) is 0 Å². The zero-order chi connectivity index (χ0) is 15.7. The molecule has 1 N–H and O–H groups in total. The molecule has 1 heterocycles. The number of hydrogen-bond donors (Lipinski definition) is 1. The van der Waals surface area contributed by atoms with Gasteiger partial charge >= 0.3 is 11.7 Å². The molecular weight excluding hydrogens is 268 g/mol. The Bertz CT molecular complexity index is 606. The quantitative estimate of drug-likeness (QED) is 0.874. The second-order valence-corrected chi connectivity index (χ2v) is 6.21. The molecule has 0 aromatic carbocycles. The van der Waals surface area contributed by atoms with Crippen LogP contribution in [-0.2, 0) is 11.2 Å². The van der Waals surface area contributed by atoms with E-state index in [1.54, 1.807) is 18.4 Å². The second-order valence-electron chi connectivity index (χ2n) is 6.21.